The van der Waals surface area contributed by atoms with Gasteiger partial charge in [0.25, 0.3) is 0 Å². The third kappa shape index (κ3) is 5.62. The zero-order valence-electron chi connectivity index (χ0n) is 18.8. The summed E-state index contributed by atoms with van der Waals surface area (Å²) < 4.78 is 15.6. The minimum absolute atomic E-state index is 0.204. The van der Waals surface area contributed by atoms with Gasteiger partial charge in [-0.1, -0.05) is 65.3 Å². The fraction of sp³-hybridized carbons (Fsp3) is 0.115. The number of hydrogen-bond donors (Lipinski definition) is 2. The molecular formula is C26H21ClN2O6. The Morgan fingerprint density at radius 1 is 1.00 bits per heavy atom. The number of halogens is 1. The molecule has 0 aliphatic rings. The van der Waals surface area contributed by atoms with Crippen molar-refractivity contribution in [3.63, 3.8) is 0 Å². The lowest BCUT2D eigenvalue weighted by atomic mass is 10.0. The molecule has 0 bridgehead atoms. The van der Waals surface area contributed by atoms with E-state index in [4.69, 9.17) is 30.7 Å². The number of amides is 1. The van der Waals surface area contributed by atoms with Crippen molar-refractivity contribution in [1.82, 2.24) is 5.16 Å². The van der Waals surface area contributed by atoms with E-state index in [0.29, 0.717) is 33.3 Å². The average molecular weight is 493 g/mol. The van der Waals surface area contributed by atoms with Gasteiger partial charge in [0.2, 0.25) is 0 Å². The summed E-state index contributed by atoms with van der Waals surface area (Å²) in [7, 11) is 0. The van der Waals surface area contributed by atoms with E-state index in [1.807, 2.05) is 36.4 Å². The highest BCUT2D eigenvalue weighted by atomic mass is 35.5. The number of anilines is 1. The Bertz CT molecular complexity index is 1380. The van der Waals surface area contributed by atoms with Crippen LogP contribution in [0, 0.1) is 6.92 Å². The third-order valence-corrected chi connectivity index (χ3v) is 5.57. The van der Waals surface area contributed by atoms with Gasteiger partial charge in [-0.2, -0.15) is 0 Å². The first kappa shape index (κ1) is 23.8. The van der Waals surface area contributed by atoms with Gasteiger partial charge in [-0.25, -0.2) is 9.59 Å². The van der Waals surface area contributed by atoms with E-state index in [1.165, 1.54) is 0 Å². The number of carbonyl (C=O) groups is 2. The summed E-state index contributed by atoms with van der Waals surface area (Å²) >= 11 is 6.20. The summed E-state index contributed by atoms with van der Waals surface area (Å²) in [5.41, 5.74) is 3.70. The van der Waals surface area contributed by atoms with Crippen LogP contribution < -0.4 is 10.1 Å². The topological polar surface area (TPSA) is 111 Å². The Morgan fingerprint density at radius 3 is 2.43 bits per heavy atom. The molecule has 178 valence electrons. The van der Waals surface area contributed by atoms with Crippen molar-refractivity contribution in [1.29, 1.82) is 0 Å². The molecule has 2 N–H and O–H groups in total. The lowest BCUT2D eigenvalue weighted by Gasteiger charge is -2.15. The molecule has 0 fully saturated rings. The Balaban J connectivity index is 1.56. The largest absolute Gasteiger partial charge is 0.511 e. The van der Waals surface area contributed by atoms with Crippen LogP contribution in [0.4, 0.5) is 15.3 Å². The number of aromatic nitrogens is 1. The van der Waals surface area contributed by atoms with Gasteiger partial charge in [0, 0.05) is 16.1 Å². The summed E-state index contributed by atoms with van der Waals surface area (Å²) in [5.74, 6) is 0.611. The first-order valence-corrected chi connectivity index (χ1v) is 11.0. The number of nitrogens with one attached hydrogen (secondary N) is 1. The summed E-state index contributed by atoms with van der Waals surface area (Å²) in [4.78, 5) is 23.5. The second-order valence-corrected chi connectivity index (χ2v) is 8.04. The highest BCUT2D eigenvalue weighted by molar-refractivity contribution is 6.31. The normalized spacial score (nSPS) is 11.5. The fourth-order valence-electron chi connectivity index (χ4n) is 3.56. The van der Waals surface area contributed by atoms with Crippen molar-refractivity contribution in [2.45, 2.75) is 20.0 Å². The Labute approximate surface area is 206 Å². The van der Waals surface area contributed by atoms with E-state index in [2.05, 4.69) is 10.5 Å². The van der Waals surface area contributed by atoms with Crippen LogP contribution >= 0.6 is 11.6 Å². The van der Waals surface area contributed by atoms with Crippen LogP contribution in [0.25, 0.3) is 22.4 Å². The summed E-state index contributed by atoms with van der Waals surface area (Å²) in [6.45, 7) is 3.41. The summed E-state index contributed by atoms with van der Waals surface area (Å²) in [6, 6.07) is 21.2. The highest BCUT2D eigenvalue weighted by Gasteiger charge is 2.21. The van der Waals surface area contributed by atoms with E-state index in [-0.39, 0.29) is 5.75 Å². The number of aryl methyl sites for hydroxylation is 1. The molecule has 0 spiro atoms. The van der Waals surface area contributed by atoms with E-state index in [9.17, 15) is 9.59 Å². The van der Waals surface area contributed by atoms with Gasteiger partial charge in [0.1, 0.15) is 23.2 Å². The molecule has 3 aromatic carbocycles. The number of carbonyl (C=O) groups excluding carboxylic acids is 1. The molecule has 8 nitrogen and oxygen atoms in total. The minimum atomic E-state index is -1.39. The maximum atomic E-state index is 12.6. The van der Waals surface area contributed by atoms with Gasteiger partial charge >= 0.3 is 12.2 Å². The molecule has 4 rings (SSSR count). The Kier molecular flexibility index (Phi) is 7.03. The number of carboxylic acid groups (broad SMARTS) is 1. The molecule has 1 amide bonds. The predicted molar refractivity (Wildman–Crippen MR) is 131 cm³/mol. The van der Waals surface area contributed by atoms with Crippen LogP contribution in [0.1, 0.15) is 24.4 Å². The highest BCUT2D eigenvalue weighted by Crippen LogP contribution is 2.34. The van der Waals surface area contributed by atoms with Crippen LogP contribution in [-0.4, -0.2) is 22.5 Å². The first-order valence-electron chi connectivity index (χ1n) is 10.6. The molecule has 0 aliphatic carbocycles. The van der Waals surface area contributed by atoms with Crippen LogP contribution in [0.15, 0.2) is 77.3 Å². The molecule has 0 aliphatic heterocycles. The number of benzene rings is 3. The summed E-state index contributed by atoms with van der Waals surface area (Å²) in [5, 5.41) is 16.2. The van der Waals surface area contributed by atoms with E-state index < -0.39 is 18.4 Å². The molecule has 35 heavy (non-hydrogen) atoms. The van der Waals surface area contributed by atoms with Gasteiger partial charge in [-0.3, -0.25) is 5.32 Å². The fourth-order valence-corrected chi connectivity index (χ4v) is 3.85. The minimum Gasteiger partial charge on any atom is -0.449 e. The second kappa shape index (κ2) is 10.3. The predicted octanol–water partition coefficient (Wildman–Crippen LogP) is 7.34. The molecule has 1 heterocycles. The monoisotopic (exact) mass is 492 g/mol. The number of ether oxygens (including phenoxy) is 2. The van der Waals surface area contributed by atoms with E-state index in [1.54, 1.807) is 50.2 Å². The third-order valence-electron chi connectivity index (χ3n) is 5.23. The van der Waals surface area contributed by atoms with Gasteiger partial charge in [0.15, 0.2) is 5.76 Å². The maximum absolute atomic E-state index is 12.6. The van der Waals surface area contributed by atoms with E-state index in [0.717, 1.165) is 11.1 Å². The summed E-state index contributed by atoms with van der Waals surface area (Å²) in [6.07, 6.45) is -2.64. The first-order chi connectivity index (χ1) is 16.8. The Hall–Kier alpha value is -4.30. The van der Waals surface area contributed by atoms with Crippen LogP contribution in [0.5, 0.6) is 5.75 Å². The molecule has 0 saturated heterocycles. The number of hydrogen-bond acceptors (Lipinski definition) is 6. The maximum Gasteiger partial charge on any atom is 0.511 e. The van der Waals surface area contributed by atoms with Crippen molar-refractivity contribution < 1.29 is 28.7 Å². The molecule has 4 aromatic rings. The molecule has 0 saturated carbocycles. The van der Waals surface area contributed by atoms with Gasteiger partial charge < -0.3 is 19.1 Å². The van der Waals surface area contributed by atoms with Gasteiger partial charge in [-0.15, -0.1) is 0 Å². The van der Waals surface area contributed by atoms with Gasteiger partial charge in [-0.05, 0) is 49.2 Å². The van der Waals surface area contributed by atoms with Crippen molar-refractivity contribution in [3.8, 4) is 28.1 Å². The lowest BCUT2D eigenvalue weighted by molar-refractivity contribution is 0.121. The second-order valence-electron chi connectivity index (χ2n) is 7.63. The molecule has 1 atom stereocenters. The molecular weight excluding hydrogens is 472 g/mol. The zero-order valence-corrected chi connectivity index (χ0v) is 19.6. The van der Waals surface area contributed by atoms with Crippen LogP contribution in [0.3, 0.4) is 0 Å². The molecule has 9 heteroatoms. The average Bonchev–Trinajstić information content (AvgIpc) is 3.19. The lowest BCUT2D eigenvalue weighted by Crippen LogP contribution is -2.17. The molecule has 1 unspecified atom stereocenters. The van der Waals surface area contributed by atoms with Crippen LogP contribution in [0.2, 0.25) is 5.02 Å². The SMILES string of the molecule is Cc1onc(-c2cccc(-c3cccc(OC(=O)O)c3)c2)c1NC(=O)OC(C)c1ccccc1Cl. The smallest absolute Gasteiger partial charge is 0.449 e. The van der Waals surface area contributed by atoms with Crippen LogP contribution in [-0.2, 0) is 4.74 Å². The molecule has 1 aromatic heterocycles. The Morgan fingerprint density at radius 2 is 1.69 bits per heavy atom. The van der Waals surface area contributed by atoms with E-state index >= 15 is 0 Å². The number of rotatable bonds is 6. The van der Waals surface area contributed by atoms with Crippen molar-refractivity contribution >= 4 is 29.5 Å². The van der Waals surface area contributed by atoms with Crippen molar-refractivity contribution in [3.05, 3.63) is 89.1 Å². The quantitative estimate of drug-likeness (QED) is 0.214. The molecule has 0 radical (unpaired) electrons. The number of nitrogens with zero attached hydrogens (tertiary/aromatic N) is 1. The standard InChI is InChI=1S/C26H21ClN2O6/c1-15(21-11-3-4-12-22(21)27)33-25(30)28-23-16(2)35-29-24(23)19-9-5-7-17(13-19)18-8-6-10-20(14-18)34-26(31)32/h3-15H,1-2H3,(H,28,30)(H,31,32). The van der Waals surface area contributed by atoms with Gasteiger partial charge in [0.05, 0.1) is 0 Å². The zero-order chi connectivity index (χ0) is 24.9. The van der Waals surface area contributed by atoms with Crippen molar-refractivity contribution in [2.24, 2.45) is 0 Å². The van der Waals surface area contributed by atoms with Crippen molar-refractivity contribution in [2.75, 3.05) is 5.32 Å².